The van der Waals surface area contributed by atoms with E-state index in [0.717, 1.165) is 12.0 Å². The third-order valence-corrected chi connectivity index (χ3v) is 4.15. The quantitative estimate of drug-likeness (QED) is 0.894. The number of aryl methyl sites for hydroxylation is 1. The first kappa shape index (κ1) is 15.9. The van der Waals surface area contributed by atoms with Gasteiger partial charge in [0.2, 0.25) is 0 Å². The van der Waals surface area contributed by atoms with Crippen LogP contribution >= 0.6 is 0 Å². The van der Waals surface area contributed by atoms with Crippen LogP contribution in [-0.4, -0.2) is 18.1 Å². The van der Waals surface area contributed by atoms with Crippen molar-refractivity contribution in [3.05, 3.63) is 35.4 Å². The highest BCUT2D eigenvalue weighted by Crippen LogP contribution is 2.37. The Morgan fingerprint density at radius 3 is 2.19 bits per heavy atom. The van der Waals surface area contributed by atoms with Crippen LogP contribution < -0.4 is 5.32 Å². The summed E-state index contributed by atoms with van der Waals surface area (Å²) < 4.78 is 37.7. The lowest BCUT2D eigenvalue weighted by molar-refractivity contribution is -0.182. The van der Waals surface area contributed by atoms with Gasteiger partial charge in [0.1, 0.15) is 0 Å². The Kier molecular flexibility index (Phi) is 4.91. The number of carbonyl (C=O) groups is 1. The Morgan fingerprint density at radius 2 is 1.71 bits per heavy atom. The van der Waals surface area contributed by atoms with Crippen molar-refractivity contribution in [2.24, 2.45) is 5.92 Å². The van der Waals surface area contributed by atoms with E-state index in [1.165, 1.54) is 0 Å². The van der Waals surface area contributed by atoms with Gasteiger partial charge in [-0.2, -0.15) is 13.2 Å². The number of halogens is 3. The van der Waals surface area contributed by atoms with Gasteiger partial charge in [-0.15, -0.1) is 0 Å². The number of benzene rings is 1. The normalized spacial score (nSPS) is 22.9. The van der Waals surface area contributed by atoms with Crippen molar-refractivity contribution in [2.75, 3.05) is 0 Å². The van der Waals surface area contributed by atoms with E-state index in [0.29, 0.717) is 18.4 Å². The van der Waals surface area contributed by atoms with Crippen LogP contribution in [0.2, 0.25) is 0 Å². The van der Waals surface area contributed by atoms with Crippen LogP contribution in [0.4, 0.5) is 13.2 Å². The van der Waals surface area contributed by atoms with Gasteiger partial charge in [-0.3, -0.25) is 4.79 Å². The van der Waals surface area contributed by atoms with E-state index in [2.05, 4.69) is 5.32 Å². The highest BCUT2D eigenvalue weighted by Gasteiger charge is 2.41. The maximum atomic E-state index is 12.6. The molecule has 0 radical (unpaired) electrons. The molecule has 1 aromatic carbocycles. The largest absolute Gasteiger partial charge is 0.391 e. The smallest absolute Gasteiger partial charge is 0.349 e. The zero-order chi connectivity index (χ0) is 15.5. The van der Waals surface area contributed by atoms with Crippen molar-refractivity contribution in [3.8, 4) is 0 Å². The Bertz CT molecular complexity index is 473. The van der Waals surface area contributed by atoms with Crippen molar-refractivity contribution in [1.29, 1.82) is 0 Å². The summed E-state index contributed by atoms with van der Waals surface area (Å²) in [6, 6.07) is 7.16. The fraction of sp³-hybridized carbons (Fsp3) is 0.562. The van der Waals surface area contributed by atoms with Crippen LogP contribution in [0.1, 0.15) is 48.5 Å². The Morgan fingerprint density at radius 1 is 1.14 bits per heavy atom. The number of carbonyl (C=O) groups excluding carboxylic acids is 1. The van der Waals surface area contributed by atoms with Gasteiger partial charge < -0.3 is 5.32 Å². The SMILES string of the molecule is CCc1ccc(C(=O)NC2CCC(C(F)(F)F)CC2)cc1. The third-order valence-electron chi connectivity index (χ3n) is 4.15. The lowest BCUT2D eigenvalue weighted by Crippen LogP contribution is -2.40. The van der Waals surface area contributed by atoms with Gasteiger partial charge >= 0.3 is 6.18 Å². The first-order valence-electron chi connectivity index (χ1n) is 7.36. The summed E-state index contributed by atoms with van der Waals surface area (Å²) in [5.41, 5.74) is 1.71. The van der Waals surface area contributed by atoms with Gasteiger partial charge in [0.15, 0.2) is 0 Å². The summed E-state index contributed by atoms with van der Waals surface area (Å²) in [6.07, 6.45) is -2.22. The monoisotopic (exact) mass is 299 g/mol. The van der Waals surface area contributed by atoms with Gasteiger partial charge in [0, 0.05) is 11.6 Å². The summed E-state index contributed by atoms with van der Waals surface area (Å²) in [6.45, 7) is 2.04. The summed E-state index contributed by atoms with van der Waals surface area (Å²) in [5, 5.41) is 2.84. The van der Waals surface area contributed by atoms with Gasteiger partial charge in [-0.1, -0.05) is 19.1 Å². The molecule has 0 bridgehead atoms. The molecule has 0 aliphatic heterocycles. The molecule has 0 spiro atoms. The van der Waals surface area contributed by atoms with E-state index in [4.69, 9.17) is 0 Å². The van der Waals surface area contributed by atoms with E-state index >= 15 is 0 Å². The molecule has 1 N–H and O–H groups in total. The minimum absolute atomic E-state index is 0.100. The van der Waals surface area contributed by atoms with Crippen LogP contribution in [0.3, 0.4) is 0 Å². The lowest BCUT2D eigenvalue weighted by atomic mass is 9.85. The van der Waals surface area contributed by atoms with Crippen LogP contribution in [0, 0.1) is 5.92 Å². The fourth-order valence-corrected chi connectivity index (χ4v) is 2.73. The summed E-state index contributed by atoms with van der Waals surface area (Å²) in [4.78, 5) is 12.1. The fourth-order valence-electron chi connectivity index (χ4n) is 2.73. The molecule has 0 atom stereocenters. The van der Waals surface area contributed by atoms with Crippen LogP contribution in [0.25, 0.3) is 0 Å². The third kappa shape index (κ3) is 4.22. The number of nitrogens with one attached hydrogen (secondary N) is 1. The maximum absolute atomic E-state index is 12.6. The molecule has 2 rings (SSSR count). The molecular formula is C16H20F3NO. The molecular weight excluding hydrogens is 279 g/mol. The number of hydrogen-bond donors (Lipinski definition) is 1. The zero-order valence-corrected chi connectivity index (χ0v) is 12.0. The minimum Gasteiger partial charge on any atom is -0.349 e. The van der Waals surface area contributed by atoms with Gasteiger partial charge in [-0.25, -0.2) is 0 Å². The predicted molar refractivity (Wildman–Crippen MR) is 75.1 cm³/mol. The first-order valence-corrected chi connectivity index (χ1v) is 7.36. The maximum Gasteiger partial charge on any atom is 0.391 e. The summed E-state index contributed by atoms with van der Waals surface area (Å²) in [7, 11) is 0. The highest BCUT2D eigenvalue weighted by atomic mass is 19.4. The van der Waals surface area contributed by atoms with Crippen LogP contribution in [-0.2, 0) is 6.42 Å². The van der Waals surface area contributed by atoms with Crippen LogP contribution in [0.15, 0.2) is 24.3 Å². The van der Waals surface area contributed by atoms with Crippen molar-refractivity contribution in [3.63, 3.8) is 0 Å². The zero-order valence-electron chi connectivity index (χ0n) is 12.0. The van der Waals surface area contributed by atoms with Crippen LogP contribution in [0.5, 0.6) is 0 Å². The molecule has 21 heavy (non-hydrogen) atoms. The van der Waals surface area contributed by atoms with Gasteiger partial charge in [0.05, 0.1) is 5.92 Å². The number of rotatable bonds is 3. The number of hydrogen-bond acceptors (Lipinski definition) is 1. The van der Waals surface area contributed by atoms with Crippen molar-refractivity contribution >= 4 is 5.91 Å². The van der Waals surface area contributed by atoms with E-state index < -0.39 is 12.1 Å². The molecule has 1 fully saturated rings. The molecule has 0 saturated heterocycles. The van der Waals surface area contributed by atoms with E-state index in [9.17, 15) is 18.0 Å². The van der Waals surface area contributed by atoms with Crippen molar-refractivity contribution < 1.29 is 18.0 Å². The standard InChI is InChI=1S/C16H20F3NO/c1-2-11-3-5-12(6-4-11)15(21)20-14-9-7-13(8-10-14)16(17,18)19/h3-6,13-14H,2,7-10H2,1H3,(H,20,21). The molecule has 1 amide bonds. The van der Waals surface area contributed by atoms with Crippen molar-refractivity contribution in [2.45, 2.75) is 51.2 Å². The van der Waals surface area contributed by atoms with E-state index in [1.54, 1.807) is 12.1 Å². The molecule has 0 unspecified atom stereocenters. The Labute approximate surface area is 122 Å². The molecule has 5 heteroatoms. The average molecular weight is 299 g/mol. The second kappa shape index (κ2) is 6.50. The van der Waals surface area contributed by atoms with E-state index in [-0.39, 0.29) is 24.8 Å². The second-order valence-corrected chi connectivity index (χ2v) is 5.61. The molecule has 1 aliphatic rings. The second-order valence-electron chi connectivity index (χ2n) is 5.61. The molecule has 1 saturated carbocycles. The summed E-state index contributed by atoms with van der Waals surface area (Å²) >= 11 is 0. The Balaban J connectivity index is 1.86. The first-order chi connectivity index (χ1) is 9.90. The predicted octanol–water partition coefficient (Wildman–Crippen LogP) is 4.10. The number of amides is 1. The topological polar surface area (TPSA) is 29.1 Å². The van der Waals surface area contributed by atoms with Gasteiger partial charge in [0.25, 0.3) is 5.91 Å². The summed E-state index contributed by atoms with van der Waals surface area (Å²) in [5.74, 6) is -1.41. The Hall–Kier alpha value is -1.52. The van der Waals surface area contributed by atoms with Crippen molar-refractivity contribution in [1.82, 2.24) is 5.32 Å². The molecule has 0 aromatic heterocycles. The molecule has 1 aromatic rings. The average Bonchev–Trinajstić information content (AvgIpc) is 2.47. The molecule has 1 aliphatic carbocycles. The molecule has 2 nitrogen and oxygen atoms in total. The molecule has 116 valence electrons. The lowest BCUT2D eigenvalue weighted by Gasteiger charge is -2.30. The highest BCUT2D eigenvalue weighted by molar-refractivity contribution is 5.94. The molecule has 0 heterocycles. The number of alkyl halides is 3. The van der Waals surface area contributed by atoms with Gasteiger partial charge in [-0.05, 0) is 49.8 Å². The van der Waals surface area contributed by atoms with E-state index in [1.807, 2.05) is 19.1 Å². The minimum atomic E-state index is -4.11.